The number of carboxylic acids is 1. The number of nitro groups is 1. The number of benzene rings is 1. The molecule has 0 aliphatic heterocycles. The van der Waals surface area contributed by atoms with Crippen molar-refractivity contribution < 1.29 is 19.6 Å². The number of carbonyl (C=O) groups excluding carboxylic acids is 1. The summed E-state index contributed by atoms with van der Waals surface area (Å²) in [7, 11) is 0. The van der Waals surface area contributed by atoms with Gasteiger partial charge in [-0.15, -0.1) is 0 Å². The standard InChI is InChI=1S/C14H17BrN2O5/c1-9(2)7-16(8-14(19)20)13(18)5-10-3-4-11(17(21)22)6-12(10)15/h3-4,6,9H,5,7-8H2,1-2H3,(H,19,20). The summed E-state index contributed by atoms with van der Waals surface area (Å²) < 4.78 is 0.454. The number of non-ortho nitro benzene ring substituents is 1. The lowest BCUT2D eigenvalue weighted by molar-refractivity contribution is -0.384. The maximum atomic E-state index is 12.3. The zero-order chi connectivity index (χ0) is 16.9. The molecule has 0 aromatic heterocycles. The number of halogens is 1. The number of nitro benzene ring substituents is 1. The normalized spacial score (nSPS) is 10.5. The van der Waals surface area contributed by atoms with Crippen molar-refractivity contribution in [2.45, 2.75) is 20.3 Å². The molecule has 0 bridgehead atoms. The first-order valence-electron chi connectivity index (χ1n) is 6.63. The Hall–Kier alpha value is -1.96. The predicted octanol–water partition coefficient (Wildman–Crippen LogP) is 2.47. The van der Waals surface area contributed by atoms with Crippen LogP contribution < -0.4 is 0 Å². The van der Waals surface area contributed by atoms with Crippen LogP contribution in [-0.2, 0) is 16.0 Å². The third-order valence-corrected chi connectivity index (χ3v) is 3.59. The van der Waals surface area contributed by atoms with Gasteiger partial charge >= 0.3 is 5.97 Å². The van der Waals surface area contributed by atoms with Crippen LogP contribution in [0.2, 0.25) is 0 Å². The molecule has 0 heterocycles. The van der Waals surface area contributed by atoms with Crippen molar-refractivity contribution in [1.82, 2.24) is 4.90 Å². The van der Waals surface area contributed by atoms with Gasteiger partial charge in [-0.25, -0.2) is 0 Å². The van der Waals surface area contributed by atoms with E-state index in [1.54, 1.807) is 0 Å². The lowest BCUT2D eigenvalue weighted by atomic mass is 10.1. The van der Waals surface area contributed by atoms with Crippen molar-refractivity contribution in [3.05, 3.63) is 38.3 Å². The number of carboxylic acid groups (broad SMARTS) is 1. The van der Waals surface area contributed by atoms with Crippen molar-refractivity contribution >= 4 is 33.5 Å². The predicted molar refractivity (Wildman–Crippen MR) is 83.6 cm³/mol. The van der Waals surface area contributed by atoms with Gasteiger partial charge in [0.1, 0.15) is 6.54 Å². The van der Waals surface area contributed by atoms with Crippen LogP contribution in [0.5, 0.6) is 0 Å². The summed E-state index contributed by atoms with van der Waals surface area (Å²) in [5.41, 5.74) is 0.502. The molecule has 1 rings (SSSR count). The molecule has 1 aromatic carbocycles. The van der Waals surface area contributed by atoms with E-state index < -0.39 is 10.9 Å². The highest BCUT2D eigenvalue weighted by Gasteiger charge is 2.20. The number of nitrogens with zero attached hydrogens (tertiary/aromatic N) is 2. The van der Waals surface area contributed by atoms with E-state index in [1.807, 2.05) is 13.8 Å². The number of hydrogen-bond acceptors (Lipinski definition) is 4. The van der Waals surface area contributed by atoms with Gasteiger partial charge in [0.15, 0.2) is 0 Å². The average molecular weight is 373 g/mol. The second-order valence-electron chi connectivity index (χ2n) is 5.27. The van der Waals surface area contributed by atoms with Crippen LogP contribution in [-0.4, -0.2) is 39.9 Å². The topological polar surface area (TPSA) is 101 Å². The minimum atomic E-state index is -1.07. The molecule has 1 N–H and O–H groups in total. The second kappa shape index (κ2) is 7.88. The van der Waals surface area contributed by atoms with E-state index in [9.17, 15) is 19.7 Å². The smallest absolute Gasteiger partial charge is 0.323 e. The fraction of sp³-hybridized carbons (Fsp3) is 0.429. The molecule has 1 aromatic rings. The van der Waals surface area contributed by atoms with Gasteiger partial charge in [0.05, 0.1) is 11.3 Å². The molecule has 0 aliphatic rings. The number of amides is 1. The summed E-state index contributed by atoms with van der Waals surface area (Å²) in [5.74, 6) is -1.26. The van der Waals surface area contributed by atoms with Crippen LogP contribution in [0.25, 0.3) is 0 Å². The lowest BCUT2D eigenvalue weighted by Crippen LogP contribution is -2.39. The minimum absolute atomic E-state index is 0.0153. The van der Waals surface area contributed by atoms with Gasteiger partial charge in [-0.3, -0.25) is 19.7 Å². The monoisotopic (exact) mass is 372 g/mol. The Kier molecular flexibility index (Phi) is 6.48. The largest absolute Gasteiger partial charge is 0.480 e. The van der Waals surface area contributed by atoms with Gasteiger partial charge in [-0.1, -0.05) is 35.8 Å². The summed E-state index contributed by atoms with van der Waals surface area (Å²) >= 11 is 3.20. The molecule has 22 heavy (non-hydrogen) atoms. The van der Waals surface area contributed by atoms with Crippen molar-refractivity contribution in [2.75, 3.05) is 13.1 Å². The van der Waals surface area contributed by atoms with E-state index in [0.717, 1.165) is 0 Å². The Morgan fingerprint density at radius 2 is 2.05 bits per heavy atom. The number of aliphatic carboxylic acids is 1. The van der Waals surface area contributed by atoms with Gasteiger partial charge in [0, 0.05) is 23.2 Å². The Labute approximate surface area is 136 Å². The van der Waals surface area contributed by atoms with E-state index in [0.29, 0.717) is 16.6 Å². The molecule has 7 nitrogen and oxygen atoms in total. The molecule has 0 saturated carbocycles. The molecule has 120 valence electrons. The lowest BCUT2D eigenvalue weighted by Gasteiger charge is -2.23. The van der Waals surface area contributed by atoms with E-state index in [4.69, 9.17) is 5.11 Å². The van der Waals surface area contributed by atoms with Crippen molar-refractivity contribution in [1.29, 1.82) is 0 Å². The average Bonchev–Trinajstić information content (AvgIpc) is 2.38. The third-order valence-electron chi connectivity index (χ3n) is 2.85. The van der Waals surface area contributed by atoms with Gasteiger partial charge in [-0.05, 0) is 11.5 Å². The summed E-state index contributed by atoms with van der Waals surface area (Å²) in [6, 6.07) is 4.14. The van der Waals surface area contributed by atoms with Gasteiger partial charge in [-0.2, -0.15) is 0 Å². The molecule has 0 atom stereocenters. The first-order chi connectivity index (χ1) is 10.2. The van der Waals surface area contributed by atoms with Crippen LogP contribution in [0.1, 0.15) is 19.4 Å². The van der Waals surface area contributed by atoms with Gasteiger partial charge < -0.3 is 10.0 Å². The second-order valence-corrected chi connectivity index (χ2v) is 6.13. The van der Waals surface area contributed by atoms with E-state index >= 15 is 0 Å². The molecular formula is C14H17BrN2O5. The molecule has 0 spiro atoms. The summed E-state index contributed by atoms with van der Waals surface area (Å²) in [5, 5.41) is 19.6. The molecule has 1 amide bonds. The Bertz CT molecular complexity index is 589. The summed E-state index contributed by atoms with van der Waals surface area (Å²) in [6.07, 6.45) is -0.0153. The number of rotatable bonds is 7. The Morgan fingerprint density at radius 3 is 2.50 bits per heavy atom. The van der Waals surface area contributed by atoms with E-state index in [-0.39, 0.29) is 30.5 Å². The van der Waals surface area contributed by atoms with Crippen LogP contribution >= 0.6 is 15.9 Å². The summed E-state index contributed by atoms with van der Waals surface area (Å²) in [4.78, 5) is 34.6. The summed E-state index contributed by atoms with van der Waals surface area (Å²) in [6.45, 7) is 3.77. The first-order valence-corrected chi connectivity index (χ1v) is 7.42. The maximum Gasteiger partial charge on any atom is 0.323 e. The van der Waals surface area contributed by atoms with Crippen LogP contribution in [0.3, 0.4) is 0 Å². The fourth-order valence-corrected chi connectivity index (χ4v) is 2.43. The Morgan fingerprint density at radius 1 is 1.41 bits per heavy atom. The fourth-order valence-electron chi connectivity index (χ4n) is 1.93. The highest BCUT2D eigenvalue weighted by atomic mass is 79.9. The van der Waals surface area contributed by atoms with E-state index in [1.165, 1.54) is 23.1 Å². The zero-order valence-electron chi connectivity index (χ0n) is 12.3. The quantitative estimate of drug-likeness (QED) is 0.585. The van der Waals surface area contributed by atoms with Crippen LogP contribution in [0.4, 0.5) is 5.69 Å². The third kappa shape index (κ3) is 5.44. The maximum absolute atomic E-state index is 12.3. The molecule has 0 fully saturated rings. The molecule has 0 unspecified atom stereocenters. The van der Waals surface area contributed by atoms with Crippen LogP contribution in [0, 0.1) is 16.0 Å². The highest BCUT2D eigenvalue weighted by molar-refractivity contribution is 9.10. The Balaban J connectivity index is 2.88. The minimum Gasteiger partial charge on any atom is -0.480 e. The first kappa shape index (κ1) is 18.1. The van der Waals surface area contributed by atoms with Crippen molar-refractivity contribution in [3.8, 4) is 0 Å². The van der Waals surface area contributed by atoms with Crippen LogP contribution in [0.15, 0.2) is 22.7 Å². The SMILES string of the molecule is CC(C)CN(CC(=O)O)C(=O)Cc1ccc([N+](=O)[O-])cc1Br. The van der Waals surface area contributed by atoms with Crippen molar-refractivity contribution in [3.63, 3.8) is 0 Å². The molecular weight excluding hydrogens is 356 g/mol. The van der Waals surface area contributed by atoms with Crippen molar-refractivity contribution in [2.24, 2.45) is 5.92 Å². The molecule has 0 aliphatic carbocycles. The van der Waals surface area contributed by atoms with Gasteiger partial charge in [0.25, 0.3) is 5.69 Å². The molecule has 8 heteroatoms. The number of carbonyl (C=O) groups is 2. The van der Waals surface area contributed by atoms with E-state index in [2.05, 4.69) is 15.9 Å². The van der Waals surface area contributed by atoms with Gasteiger partial charge in [0.2, 0.25) is 5.91 Å². The molecule has 0 radical (unpaired) electrons. The number of hydrogen-bond donors (Lipinski definition) is 1. The molecule has 0 saturated heterocycles. The highest BCUT2D eigenvalue weighted by Crippen LogP contribution is 2.23. The zero-order valence-corrected chi connectivity index (χ0v) is 13.9.